The van der Waals surface area contributed by atoms with E-state index >= 15 is 0 Å². The number of hydrogen-bond acceptors (Lipinski definition) is 3. The van der Waals surface area contributed by atoms with Crippen molar-refractivity contribution < 1.29 is 14.6 Å². The van der Waals surface area contributed by atoms with Crippen LogP contribution in [0.4, 0.5) is 0 Å². The highest BCUT2D eigenvalue weighted by Crippen LogP contribution is 2.53. The zero-order valence-corrected chi connectivity index (χ0v) is 18.8. The minimum atomic E-state index is -1.31. The van der Waals surface area contributed by atoms with Crippen molar-refractivity contribution in [1.82, 2.24) is 0 Å². The zero-order valence-electron chi connectivity index (χ0n) is 17.2. The van der Waals surface area contributed by atoms with Gasteiger partial charge in [0, 0.05) is 21.2 Å². The first-order valence-electron chi connectivity index (χ1n) is 10.0. The molecule has 31 heavy (non-hydrogen) atoms. The molecule has 4 aromatic carbocycles. The molecule has 1 atom stereocenters. The Bertz CT molecular complexity index is 1300. The first kappa shape index (κ1) is 19.9. The molecule has 1 N–H and O–H groups in total. The molecule has 4 heteroatoms. The summed E-state index contributed by atoms with van der Waals surface area (Å²) in [5.41, 5.74) is 5.14. The average molecular weight is 473 g/mol. The van der Waals surface area contributed by atoms with Crippen LogP contribution in [-0.4, -0.2) is 19.3 Å². The van der Waals surface area contributed by atoms with Gasteiger partial charge in [-0.2, -0.15) is 0 Å². The minimum Gasteiger partial charge on any atom is -0.497 e. The number of benzene rings is 4. The second-order valence-electron chi connectivity index (χ2n) is 7.59. The second-order valence-corrected chi connectivity index (χ2v) is 8.51. The van der Waals surface area contributed by atoms with Crippen molar-refractivity contribution in [1.29, 1.82) is 0 Å². The summed E-state index contributed by atoms with van der Waals surface area (Å²) < 4.78 is 11.9. The normalized spacial score (nSPS) is 16.5. The summed E-state index contributed by atoms with van der Waals surface area (Å²) in [7, 11) is 3.30. The molecule has 0 amide bonds. The summed E-state index contributed by atoms with van der Waals surface area (Å²) >= 11 is 3.59. The Balaban J connectivity index is 1.84. The summed E-state index contributed by atoms with van der Waals surface area (Å²) in [4.78, 5) is 0. The van der Waals surface area contributed by atoms with Gasteiger partial charge in [-0.3, -0.25) is 0 Å². The fourth-order valence-corrected chi connectivity index (χ4v) is 4.88. The van der Waals surface area contributed by atoms with Gasteiger partial charge in [0.25, 0.3) is 0 Å². The highest BCUT2D eigenvalue weighted by atomic mass is 79.9. The van der Waals surface area contributed by atoms with E-state index in [1.807, 2.05) is 72.8 Å². The molecule has 0 fully saturated rings. The van der Waals surface area contributed by atoms with E-state index in [4.69, 9.17) is 9.47 Å². The molecule has 0 saturated carbocycles. The third-order valence-corrected chi connectivity index (χ3v) is 6.47. The Labute approximate surface area is 190 Å². The van der Waals surface area contributed by atoms with Gasteiger partial charge in [-0.15, -0.1) is 0 Å². The van der Waals surface area contributed by atoms with Crippen LogP contribution in [0.2, 0.25) is 0 Å². The van der Waals surface area contributed by atoms with Crippen LogP contribution in [0.1, 0.15) is 16.7 Å². The number of hydrogen-bond donors (Lipinski definition) is 1. The average Bonchev–Trinajstić information content (AvgIpc) is 3.07. The molecule has 3 nitrogen and oxygen atoms in total. The van der Waals surface area contributed by atoms with Gasteiger partial charge in [0.15, 0.2) is 0 Å². The van der Waals surface area contributed by atoms with Crippen molar-refractivity contribution in [3.63, 3.8) is 0 Å². The maximum absolute atomic E-state index is 12.4. The van der Waals surface area contributed by atoms with Crippen molar-refractivity contribution in [2.45, 2.75) is 5.60 Å². The summed E-state index contributed by atoms with van der Waals surface area (Å²) in [6.07, 6.45) is 0. The van der Waals surface area contributed by atoms with E-state index in [0.717, 1.165) is 54.9 Å². The van der Waals surface area contributed by atoms with Gasteiger partial charge in [0.2, 0.25) is 0 Å². The predicted molar refractivity (Wildman–Crippen MR) is 127 cm³/mol. The van der Waals surface area contributed by atoms with Crippen LogP contribution in [0, 0.1) is 0 Å². The van der Waals surface area contributed by atoms with Gasteiger partial charge in [0.05, 0.1) is 14.2 Å². The molecule has 0 heterocycles. The van der Waals surface area contributed by atoms with Crippen molar-refractivity contribution >= 4 is 15.9 Å². The van der Waals surface area contributed by atoms with Gasteiger partial charge >= 0.3 is 0 Å². The van der Waals surface area contributed by atoms with Crippen molar-refractivity contribution in [2.24, 2.45) is 0 Å². The van der Waals surface area contributed by atoms with Gasteiger partial charge in [-0.25, -0.2) is 0 Å². The summed E-state index contributed by atoms with van der Waals surface area (Å²) in [5.74, 6) is 1.49. The third-order valence-electron chi connectivity index (χ3n) is 5.98. The molecular weight excluding hydrogens is 452 g/mol. The maximum Gasteiger partial charge on any atom is 0.142 e. The first-order valence-corrected chi connectivity index (χ1v) is 10.8. The fourth-order valence-electron chi connectivity index (χ4n) is 4.51. The van der Waals surface area contributed by atoms with Crippen molar-refractivity contribution in [3.8, 4) is 33.8 Å². The number of aliphatic hydroxyl groups is 1. The zero-order chi connectivity index (χ0) is 21.6. The van der Waals surface area contributed by atoms with E-state index < -0.39 is 5.60 Å². The third kappa shape index (κ3) is 3.06. The molecule has 1 aliphatic rings. The van der Waals surface area contributed by atoms with E-state index in [-0.39, 0.29) is 0 Å². The van der Waals surface area contributed by atoms with E-state index in [1.165, 1.54) is 0 Å². The first-order chi connectivity index (χ1) is 15.1. The van der Waals surface area contributed by atoms with Crippen molar-refractivity contribution in [2.75, 3.05) is 14.2 Å². The van der Waals surface area contributed by atoms with Crippen LogP contribution >= 0.6 is 15.9 Å². The maximum atomic E-state index is 12.4. The Morgan fingerprint density at radius 1 is 0.645 bits per heavy atom. The molecule has 0 aliphatic heterocycles. The molecule has 0 bridgehead atoms. The summed E-state index contributed by atoms with van der Waals surface area (Å²) in [6.45, 7) is 0. The second kappa shape index (κ2) is 7.56. The topological polar surface area (TPSA) is 38.7 Å². The number of ether oxygens (including phenoxy) is 2. The Hall–Kier alpha value is -3.08. The molecule has 0 spiro atoms. The lowest BCUT2D eigenvalue weighted by atomic mass is 9.80. The Kier molecular flexibility index (Phi) is 4.84. The van der Waals surface area contributed by atoms with Crippen LogP contribution in [0.3, 0.4) is 0 Å². The van der Waals surface area contributed by atoms with Crippen LogP contribution in [0.25, 0.3) is 22.3 Å². The molecular formula is C27H21BrO3. The predicted octanol–water partition coefficient (Wildman–Crippen LogP) is 6.40. The van der Waals surface area contributed by atoms with E-state index in [0.29, 0.717) is 0 Å². The molecule has 1 aliphatic carbocycles. The molecule has 0 aromatic heterocycles. The molecule has 4 aromatic rings. The van der Waals surface area contributed by atoms with Gasteiger partial charge < -0.3 is 14.6 Å². The van der Waals surface area contributed by atoms with Crippen LogP contribution in [0.15, 0.2) is 89.4 Å². The summed E-state index contributed by atoms with van der Waals surface area (Å²) in [6, 6.07) is 27.8. The molecule has 154 valence electrons. The van der Waals surface area contributed by atoms with Gasteiger partial charge in [-0.05, 0) is 58.7 Å². The lowest BCUT2D eigenvalue weighted by Gasteiger charge is -2.29. The molecule has 1 unspecified atom stereocenters. The lowest BCUT2D eigenvalue weighted by molar-refractivity contribution is 0.131. The highest BCUT2D eigenvalue weighted by molar-refractivity contribution is 9.10. The van der Waals surface area contributed by atoms with Crippen LogP contribution in [-0.2, 0) is 5.60 Å². The van der Waals surface area contributed by atoms with E-state index in [9.17, 15) is 5.11 Å². The lowest BCUT2D eigenvalue weighted by Crippen LogP contribution is -2.27. The number of methoxy groups -OCH3 is 2. The van der Waals surface area contributed by atoms with Gasteiger partial charge in [-0.1, -0.05) is 64.5 Å². The number of fused-ring (bicyclic) bond motifs is 3. The van der Waals surface area contributed by atoms with E-state index in [2.05, 4.69) is 28.1 Å². The minimum absolute atomic E-state index is 0.728. The van der Waals surface area contributed by atoms with Gasteiger partial charge in [0.1, 0.15) is 17.1 Å². The Morgan fingerprint density at radius 2 is 1.35 bits per heavy atom. The molecule has 5 rings (SSSR count). The summed E-state index contributed by atoms with van der Waals surface area (Å²) in [5, 5.41) is 12.4. The molecule has 0 saturated heterocycles. The van der Waals surface area contributed by atoms with Crippen LogP contribution in [0.5, 0.6) is 11.5 Å². The quantitative estimate of drug-likeness (QED) is 0.373. The van der Waals surface area contributed by atoms with Crippen molar-refractivity contribution in [3.05, 3.63) is 106 Å². The Morgan fingerprint density at radius 3 is 2.16 bits per heavy atom. The van der Waals surface area contributed by atoms with Crippen LogP contribution < -0.4 is 9.47 Å². The standard InChI is InChI=1S/C27H21BrO3/c1-30-19-7-5-6-17(14-19)23-16-20(31-2)11-13-25(23)27(29)24-9-4-3-8-21(24)22-12-10-18(28)15-26(22)27/h3-16,29H,1-2H3. The van der Waals surface area contributed by atoms with E-state index in [1.54, 1.807) is 14.2 Å². The largest absolute Gasteiger partial charge is 0.497 e. The highest BCUT2D eigenvalue weighted by Gasteiger charge is 2.44. The number of rotatable bonds is 4. The smallest absolute Gasteiger partial charge is 0.142 e. The SMILES string of the molecule is COc1cccc(-c2cc(OC)ccc2C2(O)c3ccccc3-c3ccc(Br)cc32)c1. The fraction of sp³-hybridized carbons (Fsp3) is 0.111. The number of halogens is 1. The molecule has 0 radical (unpaired) electrons. The monoisotopic (exact) mass is 472 g/mol.